The van der Waals surface area contributed by atoms with Crippen molar-refractivity contribution in [1.82, 2.24) is 0 Å². The van der Waals surface area contributed by atoms with E-state index in [0.29, 0.717) is 6.42 Å². The molecule has 166 valence electrons. The van der Waals surface area contributed by atoms with Gasteiger partial charge < -0.3 is 9.16 Å². The topological polar surface area (TPSA) is 52.6 Å². The van der Waals surface area contributed by atoms with E-state index in [-0.39, 0.29) is 11.8 Å². The summed E-state index contributed by atoms with van der Waals surface area (Å²) in [7, 11) is -0.396. The molecule has 0 amide bonds. The fourth-order valence-electron chi connectivity index (χ4n) is 3.88. The summed E-state index contributed by atoms with van der Waals surface area (Å²) >= 11 is 0. The van der Waals surface area contributed by atoms with Gasteiger partial charge in [0.2, 0.25) is 0 Å². The predicted molar refractivity (Wildman–Crippen MR) is 122 cm³/mol. The van der Waals surface area contributed by atoms with E-state index >= 15 is 0 Å². The molecule has 1 rings (SSSR count). The molecule has 0 bridgehead atoms. The molecule has 5 heteroatoms. The molecule has 0 aromatic rings. The third kappa shape index (κ3) is 9.90. The first-order valence-electron chi connectivity index (χ1n) is 11.5. The second-order valence-corrected chi connectivity index (χ2v) is 13.5. The third-order valence-electron chi connectivity index (χ3n) is 5.28. The van der Waals surface area contributed by atoms with Crippen molar-refractivity contribution in [2.75, 3.05) is 7.11 Å². The van der Waals surface area contributed by atoms with Crippen LogP contribution in [0.4, 0.5) is 0 Å². The van der Waals surface area contributed by atoms with Crippen LogP contribution in [-0.2, 0) is 18.8 Å². The van der Waals surface area contributed by atoms with E-state index in [2.05, 4.69) is 37.4 Å². The average molecular weight is 423 g/mol. The number of rotatable bonds is 15. The third-order valence-corrected chi connectivity index (χ3v) is 6.25. The number of carbonyl (C=O) groups excluding carboxylic acids is 2. The van der Waals surface area contributed by atoms with Crippen molar-refractivity contribution in [2.24, 2.45) is 0 Å². The van der Waals surface area contributed by atoms with E-state index in [0.717, 1.165) is 44.1 Å². The fraction of sp³-hybridized carbons (Fsp3) is 0.750. The largest absolute Gasteiger partial charge is 0.469 e. The summed E-state index contributed by atoms with van der Waals surface area (Å²) in [6.45, 7) is 8.81. The molecule has 0 heterocycles. The number of ether oxygens (including phenoxy) is 1. The van der Waals surface area contributed by atoms with Crippen molar-refractivity contribution in [2.45, 2.75) is 109 Å². The lowest BCUT2D eigenvalue weighted by atomic mass is 9.89. The maximum atomic E-state index is 12.6. The lowest BCUT2D eigenvalue weighted by Gasteiger charge is -2.36. The van der Waals surface area contributed by atoms with Gasteiger partial charge in [-0.2, -0.15) is 0 Å². The lowest BCUT2D eigenvalue weighted by molar-refractivity contribution is -0.140. The summed E-state index contributed by atoms with van der Waals surface area (Å²) in [4.78, 5) is 23.8. The minimum absolute atomic E-state index is 0.101. The molecular formula is C24H42O4Si. The Morgan fingerprint density at radius 1 is 1.03 bits per heavy atom. The smallest absolute Gasteiger partial charge is 0.305 e. The summed E-state index contributed by atoms with van der Waals surface area (Å²) in [5, 5.41) is 0. The van der Waals surface area contributed by atoms with Crippen molar-refractivity contribution < 1.29 is 18.8 Å². The molecular weight excluding hydrogens is 380 g/mol. The first kappa shape index (κ1) is 25.8. The van der Waals surface area contributed by atoms with Gasteiger partial charge in [-0.05, 0) is 63.9 Å². The second-order valence-electron chi connectivity index (χ2n) is 9.11. The van der Waals surface area contributed by atoms with Gasteiger partial charge in [0, 0.05) is 12.0 Å². The normalized spacial score (nSPS) is 20.6. The van der Waals surface area contributed by atoms with Crippen molar-refractivity contribution in [3.05, 3.63) is 23.8 Å². The molecule has 4 nitrogen and oxygen atoms in total. The Morgan fingerprint density at radius 3 is 2.34 bits per heavy atom. The molecule has 1 atom stereocenters. The van der Waals surface area contributed by atoms with Crippen LogP contribution in [-0.4, -0.2) is 32.8 Å². The quantitative estimate of drug-likeness (QED) is 0.130. The molecule has 0 spiro atoms. The number of hydrogen-bond donors (Lipinski definition) is 0. The van der Waals surface area contributed by atoms with E-state index in [1.807, 2.05) is 6.08 Å². The van der Waals surface area contributed by atoms with E-state index < -0.39 is 13.9 Å². The number of esters is 1. The minimum atomic E-state index is -1.82. The maximum absolute atomic E-state index is 12.6. The molecule has 0 saturated heterocycles. The van der Waals surface area contributed by atoms with Crippen molar-refractivity contribution >= 4 is 20.1 Å². The molecule has 0 saturated carbocycles. The SMILES string of the molecule is CCCCCCCC[C@@]1(O[Si](C)(C)C)C=CC(=O)/C1=C/CCCCCC(=O)OC. The average Bonchev–Trinajstić information content (AvgIpc) is 2.95. The van der Waals surface area contributed by atoms with Gasteiger partial charge in [0.25, 0.3) is 0 Å². The molecule has 0 aromatic heterocycles. The summed E-state index contributed by atoms with van der Waals surface area (Å²) < 4.78 is 11.3. The Balaban J connectivity index is 2.68. The molecule has 0 fully saturated rings. The van der Waals surface area contributed by atoms with Crippen LogP contribution in [0.25, 0.3) is 0 Å². The number of methoxy groups -OCH3 is 1. The van der Waals surface area contributed by atoms with Crippen LogP contribution in [0.2, 0.25) is 19.6 Å². The van der Waals surface area contributed by atoms with Crippen LogP contribution in [0, 0.1) is 0 Å². The number of carbonyl (C=O) groups is 2. The van der Waals surface area contributed by atoms with E-state index in [1.165, 1.54) is 39.2 Å². The highest BCUT2D eigenvalue weighted by atomic mass is 28.4. The number of allylic oxidation sites excluding steroid dienone is 2. The monoisotopic (exact) mass is 422 g/mol. The molecule has 1 aliphatic carbocycles. The van der Waals surface area contributed by atoms with Crippen LogP contribution in [0.15, 0.2) is 23.8 Å². The van der Waals surface area contributed by atoms with Crippen LogP contribution >= 0.6 is 0 Å². The van der Waals surface area contributed by atoms with Gasteiger partial charge in [0.05, 0.1) is 7.11 Å². The fourth-order valence-corrected chi connectivity index (χ4v) is 5.26. The summed E-state index contributed by atoms with van der Waals surface area (Å²) in [6.07, 6.45) is 18.2. The zero-order chi connectivity index (χ0) is 21.8. The van der Waals surface area contributed by atoms with Crippen LogP contribution in [0.3, 0.4) is 0 Å². The van der Waals surface area contributed by atoms with Crippen LogP contribution < -0.4 is 0 Å². The Kier molecular flexibility index (Phi) is 11.7. The standard InChI is InChI=1S/C24H42O4Si/c1-6-7-8-9-12-15-19-24(28-29(3,4)5)20-18-22(25)21(24)16-13-10-11-14-17-23(26)27-2/h16,18,20H,6-15,17,19H2,1-5H3/b21-16-/t24-/m1/s1. The van der Waals surface area contributed by atoms with Gasteiger partial charge in [-0.25, -0.2) is 0 Å². The van der Waals surface area contributed by atoms with Crippen molar-refractivity contribution in [3.63, 3.8) is 0 Å². The van der Waals surface area contributed by atoms with E-state index in [9.17, 15) is 9.59 Å². The lowest BCUT2D eigenvalue weighted by Crippen LogP contribution is -2.42. The molecule has 0 radical (unpaired) electrons. The van der Waals surface area contributed by atoms with Crippen molar-refractivity contribution in [1.29, 1.82) is 0 Å². The molecule has 1 aliphatic rings. The molecule has 0 unspecified atom stereocenters. The number of ketones is 1. The van der Waals surface area contributed by atoms with E-state index in [1.54, 1.807) is 6.08 Å². The Hall–Kier alpha value is -1.20. The summed E-state index contributed by atoms with van der Waals surface area (Å²) in [5.74, 6) is -0.0520. The first-order valence-corrected chi connectivity index (χ1v) is 14.9. The van der Waals surface area contributed by atoms with Gasteiger partial charge in [-0.15, -0.1) is 0 Å². The van der Waals surface area contributed by atoms with Gasteiger partial charge in [-0.1, -0.05) is 51.5 Å². The van der Waals surface area contributed by atoms with E-state index in [4.69, 9.17) is 4.43 Å². The van der Waals surface area contributed by atoms with Gasteiger partial charge >= 0.3 is 5.97 Å². The first-order chi connectivity index (χ1) is 13.7. The van der Waals surface area contributed by atoms with Crippen LogP contribution in [0.5, 0.6) is 0 Å². The maximum Gasteiger partial charge on any atom is 0.305 e. The number of unbranched alkanes of at least 4 members (excludes halogenated alkanes) is 8. The molecule has 0 N–H and O–H groups in total. The zero-order valence-electron chi connectivity index (χ0n) is 19.4. The second kappa shape index (κ2) is 13.2. The highest BCUT2D eigenvalue weighted by molar-refractivity contribution is 6.70. The molecule has 0 aromatic carbocycles. The van der Waals surface area contributed by atoms with Gasteiger partial charge in [-0.3, -0.25) is 9.59 Å². The Morgan fingerprint density at radius 2 is 1.69 bits per heavy atom. The van der Waals surface area contributed by atoms with Gasteiger partial charge in [0.1, 0.15) is 5.60 Å². The molecule has 0 aliphatic heterocycles. The predicted octanol–water partition coefficient (Wildman–Crippen LogP) is 6.52. The van der Waals surface area contributed by atoms with Crippen LogP contribution in [0.1, 0.15) is 84.0 Å². The number of hydrogen-bond acceptors (Lipinski definition) is 4. The Bertz CT molecular complexity index is 574. The summed E-state index contributed by atoms with van der Waals surface area (Å²) in [6, 6.07) is 0. The molecule has 29 heavy (non-hydrogen) atoms. The Labute approximate surface area is 179 Å². The highest BCUT2D eigenvalue weighted by Crippen LogP contribution is 2.38. The van der Waals surface area contributed by atoms with Gasteiger partial charge in [0.15, 0.2) is 14.1 Å². The highest BCUT2D eigenvalue weighted by Gasteiger charge is 2.42. The van der Waals surface area contributed by atoms with Crippen molar-refractivity contribution in [3.8, 4) is 0 Å². The zero-order valence-corrected chi connectivity index (χ0v) is 20.4. The minimum Gasteiger partial charge on any atom is -0.469 e. The summed E-state index contributed by atoms with van der Waals surface area (Å²) in [5.41, 5.74) is 0.305.